The molecule has 1 amide bonds. The topological polar surface area (TPSA) is 63.7 Å². The third-order valence-electron chi connectivity index (χ3n) is 3.50. The molecule has 22 heavy (non-hydrogen) atoms. The van der Waals surface area contributed by atoms with Crippen molar-refractivity contribution < 1.29 is 17.9 Å². The SMILES string of the molecule is CCOc1ccccc1CN1C(=O)c2ccccc2S1(=O)=O. The summed E-state index contributed by atoms with van der Waals surface area (Å²) in [7, 11) is -3.80. The van der Waals surface area contributed by atoms with Gasteiger partial charge in [-0.05, 0) is 25.1 Å². The predicted octanol–water partition coefficient (Wildman–Crippen LogP) is 2.43. The normalized spacial score (nSPS) is 15.7. The minimum absolute atomic E-state index is 0.0357. The fraction of sp³-hybridized carbons (Fsp3) is 0.188. The molecule has 0 bridgehead atoms. The first-order chi connectivity index (χ1) is 10.6. The van der Waals surface area contributed by atoms with E-state index in [4.69, 9.17) is 4.74 Å². The highest BCUT2D eigenvalue weighted by atomic mass is 32.2. The summed E-state index contributed by atoms with van der Waals surface area (Å²) in [6, 6.07) is 13.4. The van der Waals surface area contributed by atoms with E-state index in [1.807, 2.05) is 13.0 Å². The lowest BCUT2D eigenvalue weighted by Crippen LogP contribution is -2.29. The highest BCUT2D eigenvalue weighted by Crippen LogP contribution is 2.32. The van der Waals surface area contributed by atoms with Gasteiger partial charge in [0.25, 0.3) is 15.9 Å². The van der Waals surface area contributed by atoms with Gasteiger partial charge in [0.05, 0.1) is 18.7 Å². The minimum Gasteiger partial charge on any atom is -0.494 e. The molecule has 0 spiro atoms. The number of sulfonamides is 1. The fourth-order valence-electron chi connectivity index (χ4n) is 2.47. The Hall–Kier alpha value is -2.34. The lowest BCUT2D eigenvalue weighted by atomic mass is 10.2. The lowest BCUT2D eigenvalue weighted by Gasteiger charge is -2.17. The molecule has 0 atom stereocenters. The highest BCUT2D eigenvalue weighted by Gasteiger charge is 2.41. The van der Waals surface area contributed by atoms with Crippen LogP contribution in [0.1, 0.15) is 22.8 Å². The zero-order chi connectivity index (χ0) is 15.7. The van der Waals surface area contributed by atoms with Crippen molar-refractivity contribution in [2.45, 2.75) is 18.4 Å². The van der Waals surface area contributed by atoms with Crippen molar-refractivity contribution in [2.24, 2.45) is 0 Å². The third kappa shape index (κ3) is 2.25. The van der Waals surface area contributed by atoms with Gasteiger partial charge < -0.3 is 4.74 Å². The summed E-state index contributed by atoms with van der Waals surface area (Å²) >= 11 is 0. The van der Waals surface area contributed by atoms with Crippen LogP contribution < -0.4 is 4.74 Å². The monoisotopic (exact) mass is 317 g/mol. The molecule has 0 fully saturated rings. The molecule has 0 unspecified atom stereocenters. The molecule has 0 saturated heterocycles. The Labute approximate surface area is 129 Å². The molecule has 1 aliphatic heterocycles. The van der Waals surface area contributed by atoms with Crippen LogP contribution in [-0.2, 0) is 16.6 Å². The van der Waals surface area contributed by atoms with E-state index in [-0.39, 0.29) is 17.0 Å². The summed E-state index contributed by atoms with van der Waals surface area (Å²) in [4.78, 5) is 12.5. The second-order valence-corrected chi connectivity index (χ2v) is 6.68. The zero-order valence-electron chi connectivity index (χ0n) is 12.0. The van der Waals surface area contributed by atoms with Gasteiger partial charge in [0.15, 0.2) is 0 Å². The van der Waals surface area contributed by atoms with Crippen LogP contribution in [0.4, 0.5) is 0 Å². The van der Waals surface area contributed by atoms with Gasteiger partial charge in [-0.1, -0.05) is 30.3 Å². The average Bonchev–Trinajstić information content (AvgIpc) is 2.71. The number of carbonyl (C=O) groups is 1. The molecule has 0 radical (unpaired) electrons. The number of ether oxygens (including phenoxy) is 1. The highest BCUT2D eigenvalue weighted by molar-refractivity contribution is 7.90. The standard InChI is InChI=1S/C16H15NO4S/c1-2-21-14-9-5-3-7-12(14)11-17-16(18)13-8-4-6-10-15(13)22(17,19)20/h3-10H,2,11H2,1H3. The number of benzene rings is 2. The van der Waals surface area contributed by atoms with Crippen LogP contribution in [0.2, 0.25) is 0 Å². The number of para-hydroxylation sites is 1. The first-order valence-corrected chi connectivity index (χ1v) is 8.36. The van der Waals surface area contributed by atoms with E-state index in [1.54, 1.807) is 30.3 Å². The minimum atomic E-state index is -3.80. The summed E-state index contributed by atoms with van der Waals surface area (Å²) in [6.07, 6.45) is 0. The van der Waals surface area contributed by atoms with Crippen molar-refractivity contribution in [3.8, 4) is 5.75 Å². The van der Waals surface area contributed by atoms with Gasteiger partial charge in [-0.15, -0.1) is 0 Å². The number of carbonyl (C=O) groups excluding carboxylic acids is 1. The van der Waals surface area contributed by atoms with Gasteiger partial charge in [-0.25, -0.2) is 12.7 Å². The van der Waals surface area contributed by atoms with Crippen molar-refractivity contribution in [1.82, 2.24) is 4.31 Å². The van der Waals surface area contributed by atoms with Crippen LogP contribution in [0, 0.1) is 0 Å². The molecule has 0 saturated carbocycles. The molecule has 1 aliphatic rings. The number of rotatable bonds is 4. The second kappa shape index (κ2) is 5.46. The Morgan fingerprint density at radius 3 is 2.45 bits per heavy atom. The van der Waals surface area contributed by atoms with Gasteiger partial charge in [0.1, 0.15) is 10.6 Å². The number of nitrogens with zero attached hydrogens (tertiary/aromatic N) is 1. The van der Waals surface area contributed by atoms with E-state index < -0.39 is 15.9 Å². The zero-order valence-corrected chi connectivity index (χ0v) is 12.8. The summed E-state index contributed by atoms with van der Waals surface area (Å²) in [5.74, 6) is 0.0888. The van der Waals surface area contributed by atoms with E-state index in [1.165, 1.54) is 12.1 Å². The van der Waals surface area contributed by atoms with E-state index in [0.717, 1.165) is 4.31 Å². The summed E-state index contributed by atoms with van der Waals surface area (Å²) in [5.41, 5.74) is 0.880. The molecule has 2 aromatic carbocycles. The predicted molar refractivity (Wildman–Crippen MR) is 81.1 cm³/mol. The van der Waals surface area contributed by atoms with Gasteiger partial charge in [-0.3, -0.25) is 4.79 Å². The maximum absolute atomic E-state index is 12.5. The Bertz CT molecular complexity index is 830. The van der Waals surface area contributed by atoms with Gasteiger partial charge >= 0.3 is 0 Å². The van der Waals surface area contributed by atoms with Crippen molar-refractivity contribution in [3.05, 3.63) is 59.7 Å². The van der Waals surface area contributed by atoms with Gasteiger partial charge in [0, 0.05) is 5.56 Å². The molecule has 0 aliphatic carbocycles. The first-order valence-electron chi connectivity index (χ1n) is 6.92. The van der Waals surface area contributed by atoms with Crippen LogP contribution in [0.25, 0.3) is 0 Å². The average molecular weight is 317 g/mol. The molecule has 114 valence electrons. The van der Waals surface area contributed by atoms with Crippen LogP contribution in [0.3, 0.4) is 0 Å². The smallest absolute Gasteiger partial charge is 0.269 e. The summed E-state index contributed by atoms with van der Waals surface area (Å²) in [6.45, 7) is 2.29. The Balaban J connectivity index is 2.00. The van der Waals surface area contributed by atoms with E-state index in [2.05, 4.69) is 0 Å². The van der Waals surface area contributed by atoms with Crippen molar-refractivity contribution in [1.29, 1.82) is 0 Å². The second-order valence-electron chi connectivity index (χ2n) is 4.85. The van der Waals surface area contributed by atoms with E-state index in [0.29, 0.717) is 17.9 Å². The Morgan fingerprint density at radius 2 is 1.73 bits per heavy atom. The molecule has 6 heteroatoms. The van der Waals surface area contributed by atoms with Gasteiger partial charge in [0.2, 0.25) is 0 Å². The number of amides is 1. The molecular formula is C16H15NO4S. The van der Waals surface area contributed by atoms with Crippen LogP contribution in [0.5, 0.6) is 5.75 Å². The Kier molecular flexibility index (Phi) is 3.62. The number of fused-ring (bicyclic) bond motifs is 1. The third-order valence-corrected chi connectivity index (χ3v) is 5.29. The van der Waals surface area contributed by atoms with Crippen molar-refractivity contribution in [2.75, 3.05) is 6.61 Å². The maximum atomic E-state index is 12.5. The maximum Gasteiger partial charge on any atom is 0.269 e. The first kappa shape index (κ1) is 14.6. The van der Waals surface area contributed by atoms with Crippen LogP contribution in [-0.4, -0.2) is 25.2 Å². The van der Waals surface area contributed by atoms with Crippen molar-refractivity contribution >= 4 is 15.9 Å². The largest absolute Gasteiger partial charge is 0.494 e. The van der Waals surface area contributed by atoms with E-state index >= 15 is 0 Å². The molecule has 1 heterocycles. The molecule has 0 aromatic heterocycles. The number of hydrogen-bond donors (Lipinski definition) is 0. The molecule has 2 aromatic rings. The fourth-order valence-corrected chi connectivity index (χ4v) is 4.02. The van der Waals surface area contributed by atoms with E-state index in [9.17, 15) is 13.2 Å². The molecule has 3 rings (SSSR count). The lowest BCUT2D eigenvalue weighted by molar-refractivity contribution is 0.0864. The van der Waals surface area contributed by atoms with Crippen LogP contribution in [0.15, 0.2) is 53.4 Å². The molecular weight excluding hydrogens is 302 g/mol. The van der Waals surface area contributed by atoms with Crippen LogP contribution >= 0.6 is 0 Å². The van der Waals surface area contributed by atoms with Crippen molar-refractivity contribution in [3.63, 3.8) is 0 Å². The number of hydrogen-bond acceptors (Lipinski definition) is 4. The summed E-state index contributed by atoms with van der Waals surface area (Å²) < 4.78 is 31.5. The molecule has 0 N–H and O–H groups in total. The molecule has 5 nitrogen and oxygen atoms in total. The quantitative estimate of drug-likeness (QED) is 0.869. The van der Waals surface area contributed by atoms with Gasteiger partial charge in [-0.2, -0.15) is 0 Å². The summed E-state index contributed by atoms with van der Waals surface area (Å²) in [5, 5.41) is 0. The Morgan fingerprint density at radius 1 is 1.05 bits per heavy atom.